The van der Waals surface area contributed by atoms with Gasteiger partial charge in [0.2, 0.25) is 5.91 Å². The van der Waals surface area contributed by atoms with E-state index in [-0.39, 0.29) is 5.91 Å². The van der Waals surface area contributed by atoms with Gasteiger partial charge in [0.15, 0.2) is 0 Å². The first-order chi connectivity index (χ1) is 10.6. The predicted octanol–water partition coefficient (Wildman–Crippen LogP) is 5.04. The number of anilines is 1. The van der Waals surface area contributed by atoms with E-state index in [1.165, 1.54) is 6.08 Å². The van der Waals surface area contributed by atoms with Gasteiger partial charge < -0.3 is 10.1 Å². The quantitative estimate of drug-likeness (QED) is 0.777. The highest BCUT2D eigenvalue weighted by atomic mass is 35.5. The average Bonchev–Trinajstić information content (AvgIpc) is 2.51. The molecule has 0 aliphatic rings. The van der Waals surface area contributed by atoms with Crippen LogP contribution in [0.5, 0.6) is 5.75 Å². The molecule has 0 heterocycles. The van der Waals surface area contributed by atoms with Crippen LogP contribution in [0.4, 0.5) is 5.69 Å². The van der Waals surface area contributed by atoms with Gasteiger partial charge in [-0.2, -0.15) is 0 Å². The Morgan fingerprint density at radius 2 is 1.95 bits per heavy atom. The molecule has 0 saturated heterocycles. The van der Waals surface area contributed by atoms with Crippen molar-refractivity contribution in [1.29, 1.82) is 0 Å². The predicted molar refractivity (Wildman–Crippen MR) is 91.7 cm³/mol. The van der Waals surface area contributed by atoms with Crippen molar-refractivity contribution in [2.75, 3.05) is 11.9 Å². The Morgan fingerprint density at radius 1 is 1.18 bits per heavy atom. The summed E-state index contributed by atoms with van der Waals surface area (Å²) in [4.78, 5) is 12.0. The highest BCUT2D eigenvalue weighted by Gasteiger charge is 2.04. The van der Waals surface area contributed by atoms with Gasteiger partial charge in [-0.1, -0.05) is 41.4 Å². The summed E-state index contributed by atoms with van der Waals surface area (Å²) in [5, 5.41) is 3.71. The zero-order valence-electron chi connectivity index (χ0n) is 12.0. The molecule has 0 bridgehead atoms. The summed E-state index contributed by atoms with van der Waals surface area (Å²) >= 11 is 11.8. The van der Waals surface area contributed by atoms with Gasteiger partial charge in [-0.25, -0.2) is 0 Å². The van der Waals surface area contributed by atoms with Crippen LogP contribution in [0.3, 0.4) is 0 Å². The molecule has 0 aliphatic carbocycles. The second-order valence-electron chi connectivity index (χ2n) is 4.43. The number of rotatable bonds is 5. The first-order valence-electron chi connectivity index (χ1n) is 6.76. The number of hydrogen-bond donors (Lipinski definition) is 1. The van der Waals surface area contributed by atoms with Crippen molar-refractivity contribution in [3.63, 3.8) is 0 Å². The van der Waals surface area contributed by atoms with E-state index in [0.717, 1.165) is 5.56 Å². The smallest absolute Gasteiger partial charge is 0.248 e. The summed E-state index contributed by atoms with van der Waals surface area (Å²) in [6.07, 6.45) is 3.10. The molecule has 2 aromatic carbocycles. The maximum absolute atomic E-state index is 12.0. The molecular weight excluding hydrogens is 321 g/mol. The number of hydrogen-bond acceptors (Lipinski definition) is 2. The van der Waals surface area contributed by atoms with Crippen LogP contribution in [0.2, 0.25) is 10.0 Å². The summed E-state index contributed by atoms with van der Waals surface area (Å²) in [5.74, 6) is 0.388. The molecule has 1 amide bonds. The van der Waals surface area contributed by atoms with Crippen molar-refractivity contribution in [2.24, 2.45) is 0 Å². The molecule has 0 radical (unpaired) electrons. The van der Waals surface area contributed by atoms with E-state index < -0.39 is 0 Å². The monoisotopic (exact) mass is 335 g/mol. The maximum Gasteiger partial charge on any atom is 0.248 e. The van der Waals surface area contributed by atoms with E-state index in [1.807, 2.05) is 25.1 Å². The molecule has 5 heteroatoms. The van der Waals surface area contributed by atoms with Crippen LogP contribution in [0, 0.1) is 0 Å². The Balaban J connectivity index is 2.06. The van der Waals surface area contributed by atoms with E-state index in [9.17, 15) is 4.79 Å². The van der Waals surface area contributed by atoms with E-state index in [0.29, 0.717) is 28.1 Å². The van der Waals surface area contributed by atoms with E-state index in [2.05, 4.69) is 5.32 Å². The van der Waals surface area contributed by atoms with Crippen LogP contribution in [-0.4, -0.2) is 12.5 Å². The summed E-state index contributed by atoms with van der Waals surface area (Å²) in [6, 6.07) is 12.4. The van der Waals surface area contributed by atoms with Gasteiger partial charge in [0.25, 0.3) is 0 Å². The van der Waals surface area contributed by atoms with E-state index in [1.54, 1.807) is 30.3 Å². The summed E-state index contributed by atoms with van der Waals surface area (Å²) in [5.41, 5.74) is 1.43. The van der Waals surface area contributed by atoms with Crippen LogP contribution in [-0.2, 0) is 4.79 Å². The van der Waals surface area contributed by atoms with Gasteiger partial charge in [0, 0.05) is 6.08 Å². The maximum atomic E-state index is 12.0. The average molecular weight is 336 g/mol. The van der Waals surface area contributed by atoms with Crippen LogP contribution >= 0.6 is 23.2 Å². The zero-order chi connectivity index (χ0) is 15.9. The van der Waals surface area contributed by atoms with Gasteiger partial charge in [0.1, 0.15) is 5.75 Å². The highest BCUT2D eigenvalue weighted by molar-refractivity contribution is 6.42. The second kappa shape index (κ2) is 7.87. The number of nitrogens with one attached hydrogen (secondary N) is 1. The Bertz CT molecular complexity index is 699. The van der Waals surface area contributed by atoms with Crippen LogP contribution in [0.15, 0.2) is 48.5 Å². The Morgan fingerprint density at radius 3 is 2.68 bits per heavy atom. The minimum absolute atomic E-state index is 0.252. The largest absolute Gasteiger partial charge is 0.492 e. The lowest BCUT2D eigenvalue weighted by molar-refractivity contribution is -0.111. The summed E-state index contributed by atoms with van der Waals surface area (Å²) in [7, 11) is 0. The molecule has 114 valence electrons. The first kappa shape index (κ1) is 16.4. The number of benzene rings is 2. The molecule has 22 heavy (non-hydrogen) atoms. The third-order valence-corrected chi connectivity index (χ3v) is 3.55. The van der Waals surface area contributed by atoms with Crippen molar-refractivity contribution in [3.8, 4) is 5.75 Å². The van der Waals surface area contributed by atoms with Crippen LogP contribution in [0.1, 0.15) is 12.5 Å². The number of amides is 1. The lowest BCUT2D eigenvalue weighted by atomic mass is 10.2. The molecule has 0 fully saturated rings. The molecule has 1 N–H and O–H groups in total. The normalized spacial score (nSPS) is 10.7. The topological polar surface area (TPSA) is 38.3 Å². The molecule has 2 rings (SSSR count). The Kier molecular flexibility index (Phi) is 5.87. The second-order valence-corrected chi connectivity index (χ2v) is 5.24. The summed E-state index contributed by atoms with van der Waals surface area (Å²) < 4.78 is 5.46. The number of carbonyl (C=O) groups is 1. The molecule has 0 saturated carbocycles. The standard InChI is InChI=1S/C17H15Cl2NO2/c1-2-22-16-6-4-3-5-15(16)20-17(21)10-8-12-7-9-13(18)14(19)11-12/h3-11H,2H2,1H3,(H,20,21). The molecule has 0 unspecified atom stereocenters. The molecule has 0 aromatic heterocycles. The van der Waals surface area contributed by atoms with Gasteiger partial charge in [-0.3, -0.25) is 4.79 Å². The summed E-state index contributed by atoms with van der Waals surface area (Å²) in [6.45, 7) is 2.43. The first-order valence-corrected chi connectivity index (χ1v) is 7.51. The Hall–Kier alpha value is -1.97. The molecule has 3 nitrogen and oxygen atoms in total. The molecule has 2 aromatic rings. The molecule has 0 aliphatic heterocycles. The van der Waals surface area contributed by atoms with Gasteiger partial charge in [-0.15, -0.1) is 0 Å². The van der Waals surface area contributed by atoms with Gasteiger partial charge in [0.05, 0.1) is 22.3 Å². The van der Waals surface area contributed by atoms with Crippen molar-refractivity contribution in [1.82, 2.24) is 0 Å². The molecular formula is C17H15Cl2NO2. The van der Waals surface area contributed by atoms with Crippen molar-refractivity contribution in [3.05, 3.63) is 64.1 Å². The molecule has 0 atom stereocenters. The zero-order valence-corrected chi connectivity index (χ0v) is 13.5. The number of carbonyl (C=O) groups excluding carboxylic acids is 1. The highest BCUT2D eigenvalue weighted by Crippen LogP contribution is 2.24. The molecule has 0 spiro atoms. The van der Waals surface area contributed by atoms with Crippen molar-refractivity contribution >= 4 is 40.9 Å². The number of para-hydroxylation sites is 2. The van der Waals surface area contributed by atoms with Crippen molar-refractivity contribution in [2.45, 2.75) is 6.92 Å². The number of ether oxygens (including phenoxy) is 1. The third kappa shape index (κ3) is 4.52. The SMILES string of the molecule is CCOc1ccccc1NC(=O)C=Cc1ccc(Cl)c(Cl)c1. The minimum Gasteiger partial charge on any atom is -0.492 e. The van der Waals surface area contributed by atoms with Crippen LogP contribution < -0.4 is 10.1 Å². The van der Waals surface area contributed by atoms with Gasteiger partial charge >= 0.3 is 0 Å². The third-order valence-electron chi connectivity index (χ3n) is 2.82. The lowest BCUT2D eigenvalue weighted by Gasteiger charge is -2.09. The van der Waals surface area contributed by atoms with Gasteiger partial charge in [-0.05, 0) is 42.8 Å². The van der Waals surface area contributed by atoms with E-state index >= 15 is 0 Å². The fourth-order valence-corrected chi connectivity index (χ4v) is 2.12. The van der Waals surface area contributed by atoms with Crippen molar-refractivity contribution < 1.29 is 9.53 Å². The lowest BCUT2D eigenvalue weighted by Crippen LogP contribution is -2.09. The van der Waals surface area contributed by atoms with E-state index in [4.69, 9.17) is 27.9 Å². The fourth-order valence-electron chi connectivity index (χ4n) is 1.81. The Labute approximate surface area is 139 Å². The number of halogens is 2. The minimum atomic E-state index is -0.252. The fraction of sp³-hybridized carbons (Fsp3) is 0.118. The van der Waals surface area contributed by atoms with Crippen LogP contribution in [0.25, 0.3) is 6.08 Å².